The summed E-state index contributed by atoms with van der Waals surface area (Å²) in [6.07, 6.45) is 7.12. The van der Waals surface area contributed by atoms with Gasteiger partial charge in [0.15, 0.2) is 5.78 Å². The number of amides is 2. The lowest BCUT2D eigenvalue weighted by Crippen LogP contribution is -2.53. The maximum absolute atomic E-state index is 13.4. The molecule has 8 heteroatoms. The zero-order valence-electron chi connectivity index (χ0n) is 15.9. The Hall–Kier alpha value is -1.86. The van der Waals surface area contributed by atoms with E-state index in [0.717, 1.165) is 25.7 Å². The van der Waals surface area contributed by atoms with Crippen LogP contribution in [0.1, 0.15) is 49.4 Å². The number of carbonyl (C=O) groups is 3. The zero-order valence-corrected chi connectivity index (χ0v) is 16.6. The number of carbonyl (C=O) groups excluding carboxylic acids is 3. The third kappa shape index (κ3) is 3.57. The molecule has 4 rings (SSSR count). The van der Waals surface area contributed by atoms with Crippen molar-refractivity contribution in [3.8, 4) is 0 Å². The molecule has 1 aromatic heterocycles. The summed E-state index contributed by atoms with van der Waals surface area (Å²) in [5, 5.41) is 2.45. The van der Waals surface area contributed by atoms with Crippen molar-refractivity contribution in [3.05, 3.63) is 24.2 Å². The van der Waals surface area contributed by atoms with Crippen LogP contribution in [0.5, 0.6) is 0 Å². The van der Waals surface area contributed by atoms with E-state index >= 15 is 0 Å². The van der Waals surface area contributed by atoms with Gasteiger partial charge in [-0.3, -0.25) is 14.4 Å². The van der Waals surface area contributed by atoms with Crippen molar-refractivity contribution < 1.29 is 23.5 Å². The molecular weight excluding hydrogens is 384 g/mol. The number of halogens is 1. The molecule has 3 heterocycles. The van der Waals surface area contributed by atoms with Gasteiger partial charge in [-0.25, -0.2) is 0 Å². The number of hydrogen-bond donors (Lipinski definition) is 1. The van der Waals surface area contributed by atoms with Crippen molar-refractivity contribution in [2.45, 2.75) is 62.6 Å². The number of likely N-dealkylation sites (tertiary alicyclic amines) is 1. The second kappa shape index (κ2) is 7.52. The van der Waals surface area contributed by atoms with Gasteiger partial charge in [-0.15, -0.1) is 11.6 Å². The number of rotatable bonds is 5. The molecule has 1 aromatic rings. The van der Waals surface area contributed by atoms with E-state index in [9.17, 15) is 14.4 Å². The van der Waals surface area contributed by atoms with Gasteiger partial charge in [0.05, 0.1) is 17.2 Å². The van der Waals surface area contributed by atoms with Gasteiger partial charge in [-0.1, -0.05) is 19.8 Å². The summed E-state index contributed by atoms with van der Waals surface area (Å²) >= 11 is 6.34. The first kappa shape index (κ1) is 19.5. The van der Waals surface area contributed by atoms with Gasteiger partial charge in [-0.05, 0) is 30.7 Å². The van der Waals surface area contributed by atoms with Crippen molar-refractivity contribution in [3.63, 3.8) is 0 Å². The fourth-order valence-electron chi connectivity index (χ4n) is 4.78. The van der Waals surface area contributed by atoms with Crippen molar-refractivity contribution >= 4 is 29.2 Å². The molecule has 152 valence electrons. The zero-order chi connectivity index (χ0) is 19.9. The number of nitrogens with one attached hydrogen (secondary N) is 1. The summed E-state index contributed by atoms with van der Waals surface area (Å²) in [4.78, 5) is 39.8. The first-order chi connectivity index (χ1) is 13.4. The Morgan fingerprint density at radius 3 is 2.82 bits per heavy atom. The summed E-state index contributed by atoms with van der Waals surface area (Å²) in [6.45, 7) is 2.38. The molecular formula is C20H25ClN2O5. The third-order valence-electron chi connectivity index (χ3n) is 6.30. The van der Waals surface area contributed by atoms with E-state index in [2.05, 4.69) is 12.2 Å². The van der Waals surface area contributed by atoms with E-state index in [1.54, 1.807) is 6.07 Å². The van der Waals surface area contributed by atoms with Crippen LogP contribution in [0.4, 0.5) is 0 Å². The molecule has 0 radical (unpaired) electrons. The van der Waals surface area contributed by atoms with E-state index in [-0.39, 0.29) is 36.2 Å². The van der Waals surface area contributed by atoms with Crippen LogP contribution in [0.3, 0.4) is 0 Å². The quantitative estimate of drug-likeness (QED) is 0.754. The summed E-state index contributed by atoms with van der Waals surface area (Å²) < 4.78 is 10.5. The predicted molar refractivity (Wildman–Crippen MR) is 101 cm³/mol. The molecule has 1 unspecified atom stereocenters. The molecule has 3 fully saturated rings. The lowest BCUT2D eigenvalue weighted by molar-refractivity contribution is -0.138. The Balaban J connectivity index is 1.56. The molecule has 1 N–H and O–H groups in total. The second-order valence-corrected chi connectivity index (χ2v) is 9.01. The van der Waals surface area contributed by atoms with Crippen molar-refractivity contribution in [1.29, 1.82) is 0 Å². The van der Waals surface area contributed by atoms with Gasteiger partial charge >= 0.3 is 0 Å². The van der Waals surface area contributed by atoms with E-state index in [4.69, 9.17) is 20.8 Å². The van der Waals surface area contributed by atoms with Crippen molar-refractivity contribution in [1.82, 2.24) is 10.2 Å². The summed E-state index contributed by atoms with van der Waals surface area (Å²) in [6, 6.07) is 0.185. The molecule has 2 aliphatic heterocycles. The molecule has 0 bridgehead atoms. The van der Waals surface area contributed by atoms with Crippen LogP contribution in [0.25, 0.3) is 0 Å². The monoisotopic (exact) mass is 408 g/mol. The topological polar surface area (TPSA) is 88.8 Å². The molecule has 28 heavy (non-hydrogen) atoms. The summed E-state index contributed by atoms with van der Waals surface area (Å²) in [7, 11) is 0. The smallest absolute Gasteiger partial charge is 0.255 e. The Kier molecular flexibility index (Phi) is 5.22. The highest BCUT2D eigenvalue weighted by Gasteiger charge is 2.53. The molecule has 7 nitrogen and oxygen atoms in total. The molecule has 2 amide bonds. The predicted octanol–water partition coefficient (Wildman–Crippen LogP) is 2.13. The van der Waals surface area contributed by atoms with Crippen LogP contribution in [-0.2, 0) is 14.3 Å². The first-order valence-corrected chi connectivity index (χ1v) is 10.2. The lowest BCUT2D eigenvalue weighted by Gasteiger charge is -2.32. The average Bonchev–Trinajstić information content (AvgIpc) is 3.42. The number of ether oxygens (including phenoxy) is 1. The van der Waals surface area contributed by atoms with Crippen LogP contribution >= 0.6 is 11.6 Å². The molecule has 1 saturated carbocycles. The minimum atomic E-state index is -0.721. The minimum Gasteiger partial charge on any atom is -0.472 e. The number of hydrogen-bond acceptors (Lipinski definition) is 5. The van der Waals surface area contributed by atoms with Crippen molar-refractivity contribution in [2.75, 3.05) is 13.2 Å². The maximum Gasteiger partial charge on any atom is 0.255 e. The van der Waals surface area contributed by atoms with Gasteiger partial charge in [-0.2, -0.15) is 0 Å². The standard InChI is InChI=1S/C20H25ClN2O5/c1-20(5-2-3-6-20)8-14(22-18(25)12-4-7-27-10-12)19(26)23-9-13(21)17-16(23)15(24)11-28-17/h4,7,10,13-14,16-17H,2-3,5-6,8-9,11H2,1H3,(H,22,25)/t13-,14+,16-,17?/m1/s1. The van der Waals surface area contributed by atoms with Crippen LogP contribution in [0.15, 0.2) is 23.0 Å². The number of furan rings is 1. The summed E-state index contributed by atoms with van der Waals surface area (Å²) in [5.74, 6) is -0.753. The first-order valence-electron chi connectivity index (χ1n) is 9.80. The highest BCUT2D eigenvalue weighted by Crippen LogP contribution is 2.42. The number of alkyl halides is 1. The molecule has 0 spiro atoms. The normalized spacial score (nSPS) is 29.7. The van der Waals surface area contributed by atoms with E-state index in [0.29, 0.717) is 12.0 Å². The van der Waals surface area contributed by atoms with Gasteiger partial charge in [0.1, 0.15) is 31.1 Å². The van der Waals surface area contributed by atoms with Crippen LogP contribution in [0.2, 0.25) is 0 Å². The second-order valence-electron chi connectivity index (χ2n) is 8.45. The fraction of sp³-hybridized carbons (Fsp3) is 0.650. The fourth-order valence-corrected chi connectivity index (χ4v) is 5.14. The van der Waals surface area contributed by atoms with Gasteiger partial charge in [0, 0.05) is 6.54 Å². The van der Waals surface area contributed by atoms with E-state index < -0.39 is 23.6 Å². The SMILES string of the molecule is CC1(C[C@H](NC(=O)c2ccoc2)C(=O)N2C[C@@H](Cl)C3OCC(=O)[C@H]32)CCCC1. The van der Waals surface area contributed by atoms with E-state index in [1.165, 1.54) is 17.4 Å². The molecule has 1 aliphatic carbocycles. The Morgan fingerprint density at radius 1 is 1.39 bits per heavy atom. The van der Waals surface area contributed by atoms with Crippen LogP contribution < -0.4 is 5.32 Å². The Morgan fingerprint density at radius 2 is 2.14 bits per heavy atom. The summed E-state index contributed by atoms with van der Waals surface area (Å²) in [5.41, 5.74) is 0.351. The molecule has 2 saturated heterocycles. The molecule has 0 aromatic carbocycles. The largest absolute Gasteiger partial charge is 0.472 e. The van der Waals surface area contributed by atoms with Gasteiger partial charge < -0.3 is 19.4 Å². The maximum atomic E-state index is 13.4. The lowest BCUT2D eigenvalue weighted by atomic mass is 9.81. The number of nitrogens with zero attached hydrogens (tertiary/aromatic N) is 1. The molecule has 3 aliphatic rings. The van der Waals surface area contributed by atoms with Gasteiger partial charge in [0.25, 0.3) is 5.91 Å². The third-order valence-corrected chi connectivity index (χ3v) is 6.69. The molecule has 4 atom stereocenters. The van der Waals surface area contributed by atoms with Crippen LogP contribution in [-0.4, -0.2) is 59.2 Å². The Bertz CT molecular complexity index is 759. The van der Waals surface area contributed by atoms with Gasteiger partial charge in [0.2, 0.25) is 5.91 Å². The minimum absolute atomic E-state index is 0.0142. The van der Waals surface area contributed by atoms with Crippen molar-refractivity contribution in [2.24, 2.45) is 5.41 Å². The van der Waals surface area contributed by atoms with E-state index in [1.807, 2.05) is 0 Å². The Labute approximate surface area is 168 Å². The highest BCUT2D eigenvalue weighted by atomic mass is 35.5. The number of Topliss-reactive ketones (excluding diaryl/α,β-unsaturated/α-hetero) is 1. The highest BCUT2D eigenvalue weighted by molar-refractivity contribution is 6.22. The van der Waals surface area contributed by atoms with Crippen LogP contribution in [0, 0.1) is 5.41 Å². The average molecular weight is 409 g/mol. The number of ketones is 1. The number of fused-ring (bicyclic) bond motifs is 1.